The zero-order valence-electron chi connectivity index (χ0n) is 15.4. The average molecular weight is 368 g/mol. The van der Waals surface area contributed by atoms with Crippen LogP contribution in [0.15, 0.2) is 29.2 Å². The lowest BCUT2D eigenvalue weighted by Crippen LogP contribution is -2.51. The van der Waals surface area contributed by atoms with Crippen molar-refractivity contribution in [3.05, 3.63) is 29.8 Å². The van der Waals surface area contributed by atoms with Crippen LogP contribution in [-0.2, 0) is 14.8 Å². The second kappa shape index (κ2) is 8.78. The van der Waals surface area contributed by atoms with Gasteiger partial charge in [-0.3, -0.25) is 9.69 Å². The fraction of sp³-hybridized carbons (Fsp3) is 0.611. The monoisotopic (exact) mass is 367 g/mol. The van der Waals surface area contributed by atoms with E-state index in [1.54, 1.807) is 12.1 Å². The maximum Gasteiger partial charge on any atom is 0.243 e. The predicted octanol–water partition coefficient (Wildman–Crippen LogP) is 1.61. The second-order valence-corrected chi connectivity index (χ2v) is 8.69. The van der Waals surface area contributed by atoms with Crippen molar-refractivity contribution in [1.29, 1.82) is 0 Å². The molecule has 1 atom stereocenters. The van der Waals surface area contributed by atoms with Crippen molar-refractivity contribution < 1.29 is 13.2 Å². The molecular weight excluding hydrogens is 338 g/mol. The molecule has 7 heteroatoms. The number of amides is 1. The highest BCUT2D eigenvalue weighted by Gasteiger charge is 2.29. The van der Waals surface area contributed by atoms with Crippen molar-refractivity contribution in [3.8, 4) is 0 Å². The van der Waals surface area contributed by atoms with Gasteiger partial charge in [0.25, 0.3) is 0 Å². The molecule has 0 saturated carbocycles. The Morgan fingerprint density at radius 1 is 1.16 bits per heavy atom. The number of aryl methyl sites for hydroxylation is 1. The summed E-state index contributed by atoms with van der Waals surface area (Å²) < 4.78 is 26.9. The standard InChI is InChI=1S/C18H29N3O3S/c1-4-5-16(3)19-18(22)14-20-10-12-21(13-11-20)25(23,24)17-8-6-15(2)7-9-17/h6-9,16H,4-5,10-14H2,1-3H3,(H,19,22)/t16-/m1/s1. The molecule has 0 aliphatic carbocycles. The number of benzene rings is 1. The van der Waals surface area contributed by atoms with Gasteiger partial charge in [-0.05, 0) is 32.4 Å². The van der Waals surface area contributed by atoms with Gasteiger partial charge in [0.2, 0.25) is 15.9 Å². The number of piperazine rings is 1. The van der Waals surface area contributed by atoms with Crippen LogP contribution in [0.5, 0.6) is 0 Å². The topological polar surface area (TPSA) is 69.7 Å². The van der Waals surface area contributed by atoms with E-state index in [2.05, 4.69) is 12.2 Å². The molecule has 0 bridgehead atoms. The summed E-state index contributed by atoms with van der Waals surface area (Å²) in [6.45, 7) is 8.32. The third-order valence-electron chi connectivity index (χ3n) is 4.49. The molecule has 1 N–H and O–H groups in total. The van der Waals surface area contributed by atoms with Gasteiger partial charge in [-0.2, -0.15) is 4.31 Å². The summed E-state index contributed by atoms with van der Waals surface area (Å²) in [5.74, 6) is 0.00999. The first-order valence-corrected chi connectivity index (χ1v) is 10.4. The van der Waals surface area contributed by atoms with Crippen molar-refractivity contribution in [3.63, 3.8) is 0 Å². The Morgan fingerprint density at radius 3 is 2.32 bits per heavy atom. The van der Waals surface area contributed by atoms with Gasteiger partial charge in [0, 0.05) is 32.2 Å². The minimum absolute atomic E-state index is 0.00999. The van der Waals surface area contributed by atoms with E-state index < -0.39 is 10.0 Å². The van der Waals surface area contributed by atoms with E-state index in [0.29, 0.717) is 37.6 Å². The summed E-state index contributed by atoms with van der Waals surface area (Å²) in [7, 11) is -3.45. The summed E-state index contributed by atoms with van der Waals surface area (Å²) in [6.07, 6.45) is 2.01. The molecule has 0 unspecified atom stereocenters. The van der Waals surface area contributed by atoms with Gasteiger partial charge in [-0.25, -0.2) is 8.42 Å². The zero-order chi connectivity index (χ0) is 18.4. The molecule has 6 nitrogen and oxygen atoms in total. The normalized spacial score (nSPS) is 18.0. The van der Waals surface area contributed by atoms with E-state index in [-0.39, 0.29) is 11.9 Å². The fourth-order valence-corrected chi connectivity index (χ4v) is 4.44. The Kier molecular flexibility index (Phi) is 6.98. The van der Waals surface area contributed by atoms with Gasteiger partial charge in [0.15, 0.2) is 0 Å². The lowest BCUT2D eigenvalue weighted by molar-refractivity contribution is -0.123. The summed E-state index contributed by atoms with van der Waals surface area (Å²) in [5, 5.41) is 2.99. The number of hydrogen-bond donors (Lipinski definition) is 1. The highest BCUT2D eigenvalue weighted by molar-refractivity contribution is 7.89. The second-order valence-electron chi connectivity index (χ2n) is 6.75. The number of carbonyl (C=O) groups is 1. The maximum absolute atomic E-state index is 12.7. The SMILES string of the molecule is CCC[C@@H](C)NC(=O)CN1CCN(S(=O)(=O)c2ccc(C)cc2)CC1. The molecule has 140 valence electrons. The lowest BCUT2D eigenvalue weighted by Gasteiger charge is -2.33. The minimum Gasteiger partial charge on any atom is -0.353 e. The van der Waals surface area contributed by atoms with E-state index >= 15 is 0 Å². The number of rotatable bonds is 7. The number of carbonyl (C=O) groups excluding carboxylic acids is 1. The van der Waals surface area contributed by atoms with Crippen molar-refractivity contribution in [2.45, 2.75) is 44.6 Å². The predicted molar refractivity (Wildman–Crippen MR) is 98.9 cm³/mol. The molecule has 1 amide bonds. The summed E-state index contributed by atoms with van der Waals surface area (Å²) in [6, 6.07) is 7.11. The van der Waals surface area contributed by atoms with E-state index in [1.165, 1.54) is 4.31 Å². The van der Waals surface area contributed by atoms with Crippen LogP contribution in [0, 0.1) is 6.92 Å². The number of nitrogens with zero attached hydrogens (tertiary/aromatic N) is 2. The number of hydrogen-bond acceptors (Lipinski definition) is 4. The molecule has 0 radical (unpaired) electrons. The molecule has 2 rings (SSSR count). The van der Waals surface area contributed by atoms with Gasteiger partial charge in [-0.15, -0.1) is 0 Å². The highest BCUT2D eigenvalue weighted by Crippen LogP contribution is 2.18. The van der Waals surface area contributed by atoms with Crippen LogP contribution in [0.4, 0.5) is 0 Å². The molecule has 1 aromatic rings. The molecule has 0 aromatic heterocycles. The van der Waals surface area contributed by atoms with Gasteiger partial charge < -0.3 is 5.32 Å². The fourth-order valence-electron chi connectivity index (χ4n) is 3.02. The van der Waals surface area contributed by atoms with Crippen molar-refractivity contribution >= 4 is 15.9 Å². The number of sulfonamides is 1. The average Bonchev–Trinajstić information content (AvgIpc) is 2.55. The van der Waals surface area contributed by atoms with E-state index in [9.17, 15) is 13.2 Å². The van der Waals surface area contributed by atoms with Crippen LogP contribution in [0.25, 0.3) is 0 Å². The van der Waals surface area contributed by atoms with E-state index in [1.807, 2.05) is 30.9 Å². The maximum atomic E-state index is 12.7. The number of nitrogens with one attached hydrogen (secondary N) is 1. The van der Waals surface area contributed by atoms with E-state index in [0.717, 1.165) is 18.4 Å². The van der Waals surface area contributed by atoms with Crippen LogP contribution in [0.3, 0.4) is 0 Å². The van der Waals surface area contributed by atoms with Crippen LogP contribution in [0.1, 0.15) is 32.3 Å². The first-order valence-electron chi connectivity index (χ1n) is 8.91. The summed E-state index contributed by atoms with van der Waals surface area (Å²) >= 11 is 0. The molecule has 1 aliphatic rings. The van der Waals surface area contributed by atoms with Gasteiger partial charge >= 0.3 is 0 Å². The molecule has 0 spiro atoms. The molecule has 1 saturated heterocycles. The summed E-state index contributed by atoms with van der Waals surface area (Å²) in [4.78, 5) is 14.4. The molecule has 1 aromatic carbocycles. The molecule has 25 heavy (non-hydrogen) atoms. The minimum atomic E-state index is -3.45. The molecule has 1 aliphatic heterocycles. The molecular formula is C18H29N3O3S. The summed E-state index contributed by atoms with van der Waals surface area (Å²) in [5.41, 5.74) is 1.03. The largest absolute Gasteiger partial charge is 0.353 e. The third-order valence-corrected chi connectivity index (χ3v) is 6.40. The zero-order valence-corrected chi connectivity index (χ0v) is 16.2. The Bertz CT molecular complexity index is 665. The molecule has 1 heterocycles. The van der Waals surface area contributed by atoms with Crippen LogP contribution in [0.2, 0.25) is 0 Å². The van der Waals surface area contributed by atoms with Crippen LogP contribution in [-0.4, -0.2) is 62.3 Å². The Morgan fingerprint density at radius 2 is 1.76 bits per heavy atom. The first-order chi connectivity index (χ1) is 11.8. The lowest BCUT2D eigenvalue weighted by atomic mass is 10.2. The first kappa shape index (κ1) is 19.9. The Hall–Kier alpha value is -1.44. The van der Waals surface area contributed by atoms with Gasteiger partial charge in [0.05, 0.1) is 11.4 Å². The Labute approximate surface area is 151 Å². The van der Waals surface area contributed by atoms with Crippen LogP contribution >= 0.6 is 0 Å². The highest BCUT2D eigenvalue weighted by atomic mass is 32.2. The van der Waals surface area contributed by atoms with E-state index in [4.69, 9.17) is 0 Å². The third kappa shape index (κ3) is 5.52. The van der Waals surface area contributed by atoms with Crippen molar-refractivity contribution in [1.82, 2.24) is 14.5 Å². The smallest absolute Gasteiger partial charge is 0.243 e. The van der Waals surface area contributed by atoms with Crippen molar-refractivity contribution in [2.24, 2.45) is 0 Å². The van der Waals surface area contributed by atoms with Gasteiger partial charge in [0.1, 0.15) is 0 Å². The Balaban J connectivity index is 1.86. The van der Waals surface area contributed by atoms with Crippen LogP contribution < -0.4 is 5.32 Å². The molecule has 1 fully saturated rings. The van der Waals surface area contributed by atoms with Crippen molar-refractivity contribution in [2.75, 3.05) is 32.7 Å². The van der Waals surface area contributed by atoms with Gasteiger partial charge in [-0.1, -0.05) is 31.0 Å². The quantitative estimate of drug-likeness (QED) is 0.795.